The number of rotatable bonds is 5. The van der Waals surface area contributed by atoms with E-state index in [9.17, 15) is 19.5 Å². The van der Waals surface area contributed by atoms with Crippen molar-refractivity contribution in [3.05, 3.63) is 74.0 Å². The Morgan fingerprint density at radius 3 is 2.64 bits per heavy atom. The molecule has 0 aliphatic carbocycles. The first kappa shape index (κ1) is 16.7. The van der Waals surface area contributed by atoms with Crippen molar-refractivity contribution in [3.63, 3.8) is 0 Å². The van der Waals surface area contributed by atoms with Gasteiger partial charge in [0.1, 0.15) is 16.9 Å². The molecule has 0 spiro atoms. The molecule has 0 aliphatic heterocycles. The maximum atomic E-state index is 12.3. The number of H-pyrrole nitrogens is 1. The Bertz CT molecular complexity index is 1050. The van der Waals surface area contributed by atoms with Gasteiger partial charge in [0.25, 0.3) is 5.56 Å². The van der Waals surface area contributed by atoms with Gasteiger partial charge in [-0.2, -0.15) is 0 Å². The van der Waals surface area contributed by atoms with Crippen molar-refractivity contribution in [2.24, 2.45) is 0 Å². The van der Waals surface area contributed by atoms with Crippen LogP contribution in [0.5, 0.6) is 5.75 Å². The highest BCUT2D eigenvalue weighted by atomic mass is 16.4. The summed E-state index contributed by atoms with van der Waals surface area (Å²) in [5.74, 6) is -0.302. The third-order valence-corrected chi connectivity index (χ3v) is 3.73. The van der Waals surface area contributed by atoms with Crippen LogP contribution in [0.1, 0.15) is 21.6 Å². The van der Waals surface area contributed by atoms with Gasteiger partial charge in [-0.25, -0.2) is 4.79 Å². The monoisotopic (exact) mass is 340 g/mol. The average molecular weight is 340 g/mol. The number of phenols is 1. The van der Waals surface area contributed by atoms with E-state index in [0.717, 1.165) is 5.56 Å². The quantitative estimate of drug-likeness (QED) is 0.606. The average Bonchev–Trinajstić information content (AvgIpc) is 2.55. The summed E-state index contributed by atoms with van der Waals surface area (Å²) in [5.41, 5.74) is 0.247. The Morgan fingerprint density at radius 1 is 1.20 bits per heavy atom. The van der Waals surface area contributed by atoms with Gasteiger partial charge >= 0.3 is 5.63 Å². The lowest BCUT2D eigenvalue weighted by molar-refractivity contribution is 0.0987. The fraction of sp³-hybridized carbons (Fsp3) is 0.167. The zero-order chi connectivity index (χ0) is 18.0. The van der Waals surface area contributed by atoms with E-state index >= 15 is 0 Å². The van der Waals surface area contributed by atoms with Crippen LogP contribution in [0.25, 0.3) is 11.0 Å². The molecule has 2 aromatic heterocycles. The molecule has 0 saturated carbocycles. The van der Waals surface area contributed by atoms with E-state index in [2.05, 4.69) is 10.3 Å². The number of carbonyl (C=O) groups is 1. The van der Waals surface area contributed by atoms with Crippen molar-refractivity contribution >= 4 is 16.8 Å². The minimum absolute atomic E-state index is 0.0824. The van der Waals surface area contributed by atoms with Crippen LogP contribution in [0.15, 0.2) is 50.4 Å². The zero-order valence-corrected chi connectivity index (χ0v) is 13.5. The van der Waals surface area contributed by atoms with E-state index in [4.69, 9.17) is 4.42 Å². The molecule has 7 nitrogen and oxygen atoms in total. The van der Waals surface area contributed by atoms with Crippen LogP contribution in [0, 0.1) is 6.92 Å². The van der Waals surface area contributed by atoms with Crippen LogP contribution < -0.4 is 16.5 Å². The highest BCUT2D eigenvalue weighted by Gasteiger charge is 2.15. The predicted molar refractivity (Wildman–Crippen MR) is 92.0 cm³/mol. The summed E-state index contributed by atoms with van der Waals surface area (Å²) in [6, 6.07) is 9.34. The van der Waals surface area contributed by atoms with Crippen LogP contribution in [-0.4, -0.2) is 22.4 Å². The van der Waals surface area contributed by atoms with Gasteiger partial charge in [0.2, 0.25) is 0 Å². The molecule has 1 aromatic carbocycles. The molecule has 0 unspecified atom stereocenters. The van der Waals surface area contributed by atoms with E-state index in [1.807, 2.05) is 0 Å². The Balaban J connectivity index is 1.77. The molecule has 0 saturated heterocycles. The third-order valence-electron chi connectivity index (χ3n) is 3.73. The van der Waals surface area contributed by atoms with E-state index in [-0.39, 0.29) is 28.8 Å². The second kappa shape index (κ2) is 6.74. The Hall–Kier alpha value is -3.19. The topological polar surface area (TPSA) is 112 Å². The number of aromatic hydroxyl groups is 1. The number of pyridine rings is 1. The Labute approximate surface area is 141 Å². The van der Waals surface area contributed by atoms with Crippen LogP contribution in [0.2, 0.25) is 0 Å². The number of nitrogens with one attached hydrogen (secondary N) is 2. The highest BCUT2D eigenvalue weighted by Crippen LogP contribution is 2.11. The summed E-state index contributed by atoms with van der Waals surface area (Å²) in [6.07, 6.45) is 0. The standard InChI is InChI=1S/C18H16N2O5/c1-10-6-16-14(17(23)20-10)7-13(18(24)25-16)15(22)9-19-8-11-2-4-12(21)5-3-11/h2-7,19,21H,8-9H2,1H3,(H,20,23). The lowest BCUT2D eigenvalue weighted by Crippen LogP contribution is -2.27. The number of phenolic OH excluding ortho intramolecular Hbond substituents is 1. The van der Waals surface area contributed by atoms with Gasteiger partial charge in [0, 0.05) is 18.3 Å². The number of aromatic nitrogens is 1. The van der Waals surface area contributed by atoms with E-state index in [1.165, 1.54) is 12.1 Å². The fourth-order valence-corrected chi connectivity index (χ4v) is 2.47. The van der Waals surface area contributed by atoms with Crippen molar-refractivity contribution in [1.29, 1.82) is 0 Å². The summed E-state index contributed by atoms with van der Waals surface area (Å²) < 4.78 is 5.10. The molecular formula is C18H16N2O5. The number of aryl methyl sites for hydroxylation is 1. The smallest absolute Gasteiger partial charge is 0.347 e. The van der Waals surface area contributed by atoms with Gasteiger partial charge in [0.05, 0.1) is 11.9 Å². The third kappa shape index (κ3) is 3.67. The lowest BCUT2D eigenvalue weighted by atomic mass is 10.1. The van der Waals surface area contributed by atoms with Crippen LogP contribution >= 0.6 is 0 Å². The summed E-state index contributed by atoms with van der Waals surface area (Å²) >= 11 is 0. The number of Topliss-reactive ketones (excluding diaryl/α,β-unsaturated/α-hetero) is 1. The van der Waals surface area contributed by atoms with Gasteiger partial charge in [-0.3, -0.25) is 9.59 Å². The summed E-state index contributed by atoms with van der Waals surface area (Å²) in [5, 5.41) is 12.3. The lowest BCUT2D eigenvalue weighted by Gasteiger charge is -2.05. The number of hydrogen-bond donors (Lipinski definition) is 3. The van der Waals surface area contributed by atoms with Gasteiger partial charge < -0.3 is 19.8 Å². The minimum atomic E-state index is -0.770. The van der Waals surface area contributed by atoms with Crippen molar-refractivity contribution in [3.8, 4) is 5.75 Å². The maximum absolute atomic E-state index is 12.3. The van der Waals surface area contributed by atoms with Gasteiger partial charge in [0.15, 0.2) is 5.78 Å². The molecule has 0 fully saturated rings. The maximum Gasteiger partial charge on any atom is 0.347 e. The van der Waals surface area contributed by atoms with Crippen LogP contribution in [0.4, 0.5) is 0 Å². The SMILES string of the molecule is Cc1cc2oc(=O)c(C(=O)CNCc3ccc(O)cc3)cc2c(=O)[nH]1. The van der Waals surface area contributed by atoms with Crippen molar-refractivity contribution < 1.29 is 14.3 Å². The summed E-state index contributed by atoms with van der Waals surface area (Å²) in [4.78, 5) is 38.8. The minimum Gasteiger partial charge on any atom is -0.508 e. The van der Waals surface area contributed by atoms with Crippen LogP contribution in [0.3, 0.4) is 0 Å². The van der Waals surface area contributed by atoms with Crippen LogP contribution in [-0.2, 0) is 6.54 Å². The molecule has 3 N–H and O–H groups in total. The Kier molecular flexibility index (Phi) is 4.49. The summed E-state index contributed by atoms with van der Waals surface area (Å²) in [6.45, 7) is 1.98. The van der Waals surface area contributed by atoms with Crippen molar-refractivity contribution in [2.75, 3.05) is 6.54 Å². The number of benzene rings is 1. The van der Waals surface area contributed by atoms with Gasteiger partial charge in [-0.05, 0) is 30.7 Å². The summed E-state index contributed by atoms with van der Waals surface area (Å²) in [7, 11) is 0. The Morgan fingerprint density at radius 2 is 1.92 bits per heavy atom. The molecule has 0 bridgehead atoms. The number of ketones is 1. The molecule has 128 valence electrons. The second-order valence-electron chi connectivity index (χ2n) is 5.70. The van der Waals surface area contributed by atoms with E-state index in [1.54, 1.807) is 31.2 Å². The molecule has 7 heteroatoms. The first-order valence-corrected chi connectivity index (χ1v) is 7.63. The fourth-order valence-electron chi connectivity index (χ4n) is 2.47. The molecular weight excluding hydrogens is 324 g/mol. The highest BCUT2D eigenvalue weighted by molar-refractivity contribution is 5.99. The first-order chi connectivity index (χ1) is 11.9. The number of fused-ring (bicyclic) bond motifs is 1. The molecule has 2 heterocycles. The largest absolute Gasteiger partial charge is 0.508 e. The van der Waals surface area contributed by atoms with Gasteiger partial charge in [-0.1, -0.05) is 12.1 Å². The molecule has 3 rings (SSSR count). The number of aromatic amines is 1. The van der Waals surface area contributed by atoms with E-state index in [0.29, 0.717) is 12.2 Å². The van der Waals surface area contributed by atoms with E-state index < -0.39 is 17.0 Å². The molecule has 0 aliphatic rings. The number of carbonyl (C=O) groups excluding carboxylic acids is 1. The second-order valence-corrected chi connectivity index (χ2v) is 5.70. The zero-order valence-electron chi connectivity index (χ0n) is 13.5. The molecule has 0 amide bonds. The normalized spacial score (nSPS) is 10.9. The van der Waals surface area contributed by atoms with Crippen molar-refractivity contribution in [2.45, 2.75) is 13.5 Å². The van der Waals surface area contributed by atoms with Crippen molar-refractivity contribution in [1.82, 2.24) is 10.3 Å². The molecule has 0 atom stereocenters. The molecule has 0 radical (unpaired) electrons. The number of hydrogen-bond acceptors (Lipinski definition) is 6. The van der Waals surface area contributed by atoms with Gasteiger partial charge in [-0.15, -0.1) is 0 Å². The first-order valence-electron chi connectivity index (χ1n) is 7.63. The predicted octanol–water partition coefficient (Wildman–Crippen LogP) is 1.47. The molecule has 25 heavy (non-hydrogen) atoms. The molecule has 3 aromatic rings.